The van der Waals surface area contributed by atoms with Crippen LogP contribution in [0.4, 0.5) is 3.89 Å². The maximum atomic E-state index is 11.7. The van der Waals surface area contributed by atoms with Gasteiger partial charge in [-0.25, -0.2) is 0 Å². The lowest BCUT2D eigenvalue weighted by Gasteiger charge is -1.89. The van der Waals surface area contributed by atoms with Crippen molar-refractivity contribution in [2.75, 3.05) is 13.2 Å². The van der Waals surface area contributed by atoms with E-state index in [-0.39, 0.29) is 13.2 Å². The lowest BCUT2D eigenvalue weighted by atomic mass is 10.8. The number of rotatable bonds is 1. The topological polar surface area (TPSA) is 65.0 Å². The van der Waals surface area contributed by atoms with E-state index in [1.807, 2.05) is 0 Å². The van der Waals surface area contributed by atoms with Crippen LogP contribution in [0.3, 0.4) is 0 Å². The Morgan fingerprint density at radius 1 is 1.40 bits per heavy atom. The van der Waals surface area contributed by atoms with Gasteiger partial charge in [-0.3, -0.25) is 0 Å². The fourth-order valence-electron chi connectivity index (χ4n) is 0.441. The van der Waals surface area contributed by atoms with Gasteiger partial charge in [-0.2, -0.15) is 8.42 Å². The van der Waals surface area contributed by atoms with Gasteiger partial charge in [-0.1, -0.05) is 8.28 Å². The van der Waals surface area contributed by atoms with Crippen LogP contribution in [0.25, 0.3) is 0 Å². The van der Waals surface area contributed by atoms with Crippen LogP contribution in [0.15, 0.2) is 4.40 Å². The summed E-state index contributed by atoms with van der Waals surface area (Å²) in [5, 5.41) is 0. The van der Waals surface area contributed by atoms with Crippen molar-refractivity contribution >= 4 is 16.5 Å². The second kappa shape index (κ2) is 2.41. The Labute approximate surface area is 56.8 Å². The van der Waals surface area contributed by atoms with Gasteiger partial charge in [0, 0.05) is 0 Å². The Bertz CT molecular complexity index is 237. The van der Waals surface area contributed by atoms with E-state index in [1.165, 1.54) is 0 Å². The van der Waals surface area contributed by atoms with Gasteiger partial charge in [0.25, 0.3) is 0 Å². The number of ether oxygens (including phenoxy) is 2. The monoisotopic (exact) mass is 169 g/mol. The van der Waals surface area contributed by atoms with Gasteiger partial charge >= 0.3 is 16.5 Å². The molecule has 7 heteroatoms. The largest absolute Gasteiger partial charge is 0.446 e. The van der Waals surface area contributed by atoms with Crippen molar-refractivity contribution in [2.24, 2.45) is 4.40 Å². The van der Waals surface area contributed by atoms with E-state index in [0.717, 1.165) is 0 Å². The molecule has 1 fully saturated rings. The number of hydrogen-bond donors (Lipinski definition) is 0. The minimum Gasteiger partial charge on any atom is -0.446 e. The average Bonchev–Trinajstić information content (AvgIpc) is 2.12. The van der Waals surface area contributed by atoms with E-state index < -0.39 is 16.5 Å². The molecule has 10 heavy (non-hydrogen) atoms. The van der Waals surface area contributed by atoms with Crippen molar-refractivity contribution in [1.82, 2.24) is 0 Å². The summed E-state index contributed by atoms with van der Waals surface area (Å²) in [6, 6.07) is 0. The summed E-state index contributed by atoms with van der Waals surface area (Å²) in [7, 11) is -4.87. The molecule has 0 aromatic rings. The third kappa shape index (κ3) is 2.18. The highest BCUT2D eigenvalue weighted by Gasteiger charge is 2.15. The fourth-order valence-corrected chi connectivity index (χ4v) is 0.725. The van der Waals surface area contributed by atoms with Crippen LogP contribution in [0.1, 0.15) is 0 Å². The summed E-state index contributed by atoms with van der Waals surface area (Å²) in [5.74, 6) is 0. The van der Waals surface area contributed by atoms with E-state index in [9.17, 15) is 12.3 Å². The number of nitrogens with zero attached hydrogens (tertiary/aromatic N) is 1. The number of hydrogen-bond acceptors (Lipinski definition) is 4. The van der Waals surface area contributed by atoms with E-state index >= 15 is 0 Å². The van der Waals surface area contributed by atoms with Crippen molar-refractivity contribution in [3.63, 3.8) is 0 Å². The Morgan fingerprint density at radius 2 is 1.90 bits per heavy atom. The van der Waals surface area contributed by atoms with Crippen molar-refractivity contribution in [1.29, 1.82) is 0 Å². The molecule has 5 nitrogen and oxygen atoms in total. The quantitative estimate of drug-likeness (QED) is 0.501. The van der Waals surface area contributed by atoms with Crippen molar-refractivity contribution in [2.45, 2.75) is 0 Å². The summed E-state index contributed by atoms with van der Waals surface area (Å²) in [6.07, 6.45) is -0.525. The smallest absolute Gasteiger partial charge is 0.423 e. The minimum absolute atomic E-state index is 0.203. The van der Waals surface area contributed by atoms with E-state index in [0.29, 0.717) is 0 Å². The summed E-state index contributed by atoms with van der Waals surface area (Å²) < 4.78 is 42.6. The maximum absolute atomic E-state index is 11.7. The molecule has 0 amide bonds. The van der Waals surface area contributed by atoms with E-state index in [2.05, 4.69) is 13.9 Å². The van der Waals surface area contributed by atoms with Gasteiger partial charge in [-0.15, -0.1) is 0 Å². The van der Waals surface area contributed by atoms with Crippen LogP contribution < -0.4 is 0 Å². The van der Waals surface area contributed by atoms with Crippen LogP contribution in [-0.2, 0) is 19.9 Å². The van der Waals surface area contributed by atoms with Crippen LogP contribution >= 0.6 is 0 Å². The Morgan fingerprint density at radius 3 is 2.30 bits per heavy atom. The average molecular weight is 169 g/mol. The zero-order chi connectivity index (χ0) is 7.61. The second-order valence-corrected chi connectivity index (χ2v) is 2.47. The molecule has 0 atom stereocenters. The summed E-state index contributed by atoms with van der Waals surface area (Å²) in [6.45, 7) is 0.405. The lowest BCUT2D eigenvalue weighted by Crippen LogP contribution is -1.99. The highest BCUT2D eigenvalue weighted by atomic mass is 32.3. The lowest BCUT2D eigenvalue weighted by molar-refractivity contribution is 0.338. The second-order valence-electron chi connectivity index (χ2n) is 1.47. The van der Waals surface area contributed by atoms with Crippen LogP contribution in [0, 0.1) is 0 Å². The molecular weight excluding hydrogens is 165 g/mol. The first-order chi connectivity index (χ1) is 4.58. The van der Waals surface area contributed by atoms with Crippen LogP contribution in [-0.4, -0.2) is 27.7 Å². The zero-order valence-corrected chi connectivity index (χ0v) is 5.60. The molecule has 0 unspecified atom stereocenters. The molecule has 1 saturated heterocycles. The van der Waals surface area contributed by atoms with Crippen molar-refractivity contribution in [3.8, 4) is 0 Å². The SMILES string of the molecule is O=S(=O)(F)N=C1OCCO1. The van der Waals surface area contributed by atoms with Gasteiger partial charge in [0.1, 0.15) is 13.2 Å². The number of halogens is 1. The molecule has 58 valence electrons. The van der Waals surface area contributed by atoms with Crippen LogP contribution in [0.2, 0.25) is 0 Å². The standard InChI is InChI=1S/C3H4FNO4S/c4-10(6,7)5-3-8-1-2-9-3/h1-2H2. The van der Waals surface area contributed by atoms with Gasteiger partial charge in [-0.05, 0) is 0 Å². The highest BCUT2D eigenvalue weighted by molar-refractivity contribution is 7.85. The van der Waals surface area contributed by atoms with Gasteiger partial charge in [0.15, 0.2) is 0 Å². The van der Waals surface area contributed by atoms with Crippen molar-refractivity contribution < 1.29 is 21.8 Å². The minimum atomic E-state index is -4.87. The molecule has 0 spiro atoms. The molecule has 0 radical (unpaired) electrons. The highest BCUT2D eigenvalue weighted by Crippen LogP contribution is 2.01. The molecule has 0 aliphatic carbocycles. The van der Waals surface area contributed by atoms with Gasteiger partial charge < -0.3 is 9.47 Å². The molecule has 0 aromatic carbocycles. The predicted molar refractivity (Wildman–Crippen MR) is 29.4 cm³/mol. The maximum Gasteiger partial charge on any atom is 0.423 e. The Hall–Kier alpha value is -0.850. The first kappa shape index (κ1) is 7.26. The molecule has 1 aliphatic rings. The normalized spacial score (nSPS) is 17.9. The molecule has 1 rings (SSSR count). The Balaban J connectivity index is 2.72. The van der Waals surface area contributed by atoms with E-state index in [1.54, 1.807) is 0 Å². The first-order valence-corrected chi connectivity index (χ1v) is 3.72. The molecule has 0 N–H and O–H groups in total. The third-order valence-corrected chi connectivity index (χ3v) is 1.09. The predicted octanol–water partition coefficient (Wildman–Crippen LogP) is -0.396. The van der Waals surface area contributed by atoms with E-state index in [4.69, 9.17) is 0 Å². The summed E-state index contributed by atoms with van der Waals surface area (Å²) in [4.78, 5) is 0. The van der Waals surface area contributed by atoms with Gasteiger partial charge in [0.2, 0.25) is 0 Å². The third-order valence-electron chi connectivity index (χ3n) is 0.718. The Kier molecular flexibility index (Phi) is 1.75. The molecule has 0 bridgehead atoms. The molecular formula is C3H4FNO4S. The molecule has 1 heterocycles. The molecule has 0 aromatic heterocycles. The van der Waals surface area contributed by atoms with Gasteiger partial charge in [0.05, 0.1) is 0 Å². The van der Waals surface area contributed by atoms with Crippen molar-refractivity contribution in [3.05, 3.63) is 0 Å². The van der Waals surface area contributed by atoms with Crippen LogP contribution in [0.5, 0.6) is 0 Å². The zero-order valence-electron chi connectivity index (χ0n) is 4.78. The first-order valence-electron chi connectivity index (χ1n) is 2.38. The molecule has 1 aliphatic heterocycles. The summed E-state index contributed by atoms with van der Waals surface area (Å²) in [5.41, 5.74) is 0. The fraction of sp³-hybridized carbons (Fsp3) is 0.667. The summed E-state index contributed by atoms with van der Waals surface area (Å²) >= 11 is 0. The molecule has 0 saturated carbocycles.